The number of hydrogen-bond acceptors (Lipinski definition) is 1. The molecular formula is C15H20N2O. The first-order valence-electron chi connectivity index (χ1n) is 6.33. The molecule has 1 heterocycles. The minimum Gasteiger partial charge on any atom is -0.349 e. The molecule has 0 saturated carbocycles. The lowest BCUT2D eigenvalue weighted by Crippen LogP contribution is -2.21. The summed E-state index contributed by atoms with van der Waals surface area (Å²) in [6, 6.07) is 8.60. The number of aryl methyl sites for hydroxylation is 2. The van der Waals surface area contributed by atoms with Crippen LogP contribution in [0.1, 0.15) is 18.4 Å². The van der Waals surface area contributed by atoms with Gasteiger partial charge in [0.05, 0.1) is 0 Å². The minimum absolute atomic E-state index is 0.197. The third kappa shape index (κ3) is 2.73. The molecule has 0 fully saturated rings. The molecule has 1 aromatic carbocycles. The fraction of sp³-hybridized carbons (Fsp3) is 0.400. The van der Waals surface area contributed by atoms with Crippen LogP contribution in [0.5, 0.6) is 0 Å². The van der Waals surface area contributed by atoms with Crippen LogP contribution in [0.4, 0.5) is 0 Å². The number of aromatic nitrogens is 1. The van der Waals surface area contributed by atoms with Crippen LogP contribution in [0.15, 0.2) is 30.5 Å². The van der Waals surface area contributed by atoms with Crippen molar-refractivity contribution in [3.05, 3.63) is 36.0 Å². The number of nitrogens with zero attached hydrogens (tertiary/aromatic N) is 2. The zero-order valence-electron chi connectivity index (χ0n) is 11.3. The van der Waals surface area contributed by atoms with Gasteiger partial charge in [-0.25, -0.2) is 0 Å². The predicted molar refractivity (Wildman–Crippen MR) is 74.6 cm³/mol. The SMILES string of the molecule is Cc1ccc2ccn(CCCC(=O)N(C)C)c2c1. The van der Waals surface area contributed by atoms with E-state index in [1.54, 1.807) is 19.0 Å². The minimum atomic E-state index is 0.197. The number of benzene rings is 1. The van der Waals surface area contributed by atoms with Crippen LogP contribution in [0.25, 0.3) is 10.9 Å². The topological polar surface area (TPSA) is 25.2 Å². The van der Waals surface area contributed by atoms with Crippen LogP contribution in [0.2, 0.25) is 0 Å². The Bertz CT molecular complexity index is 555. The van der Waals surface area contributed by atoms with E-state index >= 15 is 0 Å². The molecule has 2 aromatic rings. The fourth-order valence-electron chi connectivity index (χ4n) is 2.11. The van der Waals surface area contributed by atoms with Gasteiger partial charge in [-0.1, -0.05) is 12.1 Å². The van der Waals surface area contributed by atoms with Gasteiger partial charge in [-0.15, -0.1) is 0 Å². The van der Waals surface area contributed by atoms with Crippen LogP contribution in [-0.2, 0) is 11.3 Å². The van der Waals surface area contributed by atoms with E-state index in [0.29, 0.717) is 6.42 Å². The average molecular weight is 244 g/mol. The summed E-state index contributed by atoms with van der Waals surface area (Å²) in [4.78, 5) is 13.2. The lowest BCUT2D eigenvalue weighted by molar-refractivity contribution is -0.128. The molecule has 0 radical (unpaired) electrons. The zero-order chi connectivity index (χ0) is 13.1. The quantitative estimate of drug-likeness (QED) is 0.812. The van der Waals surface area contributed by atoms with E-state index < -0.39 is 0 Å². The Morgan fingerprint density at radius 2 is 2.06 bits per heavy atom. The van der Waals surface area contributed by atoms with Gasteiger partial charge in [0.25, 0.3) is 0 Å². The van der Waals surface area contributed by atoms with Crippen molar-refractivity contribution in [3.8, 4) is 0 Å². The van der Waals surface area contributed by atoms with Crippen molar-refractivity contribution in [2.75, 3.05) is 14.1 Å². The molecule has 3 nitrogen and oxygen atoms in total. The van der Waals surface area contributed by atoms with E-state index in [0.717, 1.165) is 13.0 Å². The first kappa shape index (κ1) is 12.7. The van der Waals surface area contributed by atoms with E-state index in [2.05, 4.69) is 42.0 Å². The summed E-state index contributed by atoms with van der Waals surface area (Å²) in [5.74, 6) is 0.197. The van der Waals surface area contributed by atoms with Gasteiger partial charge >= 0.3 is 0 Å². The van der Waals surface area contributed by atoms with Crippen molar-refractivity contribution in [2.24, 2.45) is 0 Å². The second-order valence-corrected chi connectivity index (χ2v) is 4.96. The van der Waals surface area contributed by atoms with E-state index in [4.69, 9.17) is 0 Å². The highest BCUT2D eigenvalue weighted by molar-refractivity contribution is 5.80. The Morgan fingerprint density at radius 1 is 1.28 bits per heavy atom. The molecule has 0 atom stereocenters. The van der Waals surface area contributed by atoms with Crippen molar-refractivity contribution in [1.29, 1.82) is 0 Å². The van der Waals surface area contributed by atoms with Crippen molar-refractivity contribution in [3.63, 3.8) is 0 Å². The molecule has 0 aliphatic carbocycles. The van der Waals surface area contributed by atoms with Gasteiger partial charge in [0.1, 0.15) is 0 Å². The monoisotopic (exact) mass is 244 g/mol. The van der Waals surface area contributed by atoms with Gasteiger partial charge in [-0.3, -0.25) is 4.79 Å². The molecule has 0 aliphatic heterocycles. The molecular weight excluding hydrogens is 224 g/mol. The number of amides is 1. The standard InChI is InChI=1S/C15H20N2O/c1-12-6-7-13-8-10-17(14(13)11-12)9-4-5-15(18)16(2)3/h6-8,10-11H,4-5,9H2,1-3H3. The van der Waals surface area contributed by atoms with Gasteiger partial charge < -0.3 is 9.47 Å². The van der Waals surface area contributed by atoms with E-state index in [1.807, 2.05) is 0 Å². The molecule has 18 heavy (non-hydrogen) atoms. The van der Waals surface area contributed by atoms with Gasteiger partial charge in [-0.2, -0.15) is 0 Å². The highest BCUT2D eigenvalue weighted by atomic mass is 16.2. The summed E-state index contributed by atoms with van der Waals surface area (Å²) in [6.07, 6.45) is 3.59. The maximum absolute atomic E-state index is 11.5. The molecule has 0 aliphatic rings. The number of carbonyl (C=O) groups is 1. The van der Waals surface area contributed by atoms with Crippen molar-refractivity contribution >= 4 is 16.8 Å². The van der Waals surface area contributed by atoms with Crippen LogP contribution in [0.3, 0.4) is 0 Å². The van der Waals surface area contributed by atoms with Gasteiger partial charge in [0.2, 0.25) is 5.91 Å². The first-order valence-corrected chi connectivity index (χ1v) is 6.33. The lowest BCUT2D eigenvalue weighted by Gasteiger charge is -2.10. The van der Waals surface area contributed by atoms with Gasteiger partial charge in [0, 0.05) is 38.8 Å². The molecule has 0 spiro atoms. The Labute approximate surface area is 108 Å². The number of rotatable bonds is 4. The van der Waals surface area contributed by atoms with Gasteiger partial charge in [-0.05, 0) is 36.4 Å². The molecule has 0 unspecified atom stereocenters. The molecule has 1 amide bonds. The van der Waals surface area contributed by atoms with Crippen LogP contribution in [0, 0.1) is 6.92 Å². The fourth-order valence-corrected chi connectivity index (χ4v) is 2.11. The smallest absolute Gasteiger partial charge is 0.222 e. The summed E-state index contributed by atoms with van der Waals surface area (Å²) in [7, 11) is 3.60. The van der Waals surface area contributed by atoms with Gasteiger partial charge in [0.15, 0.2) is 0 Å². The summed E-state index contributed by atoms with van der Waals surface area (Å²) in [6.45, 7) is 3.00. The third-order valence-electron chi connectivity index (χ3n) is 3.22. The van der Waals surface area contributed by atoms with Crippen molar-refractivity contribution in [2.45, 2.75) is 26.3 Å². The second kappa shape index (κ2) is 5.25. The Hall–Kier alpha value is -1.77. The second-order valence-electron chi connectivity index (χ2n) is 4.96. The first-order chi connectivity index (χ1) is 8.58. The van der Waals surface area contributed by atoms with Crippen LogP contribution < -0.4 is 0 Å². The lowest BCUT2D eigenvalue weighted by atomic mass is 10.2. The van der Waals surface area contributed by atoms with Crippen LogP contribution >= 0.6 is 0 Å². The molecule has 96 valence electrons. The Morgan fingerprint density at radius 3 is 2.78 bits per heavy atom. The van der Waals surface area contributed by atoms with E-state index in [9.17, 15) is 4.79 Å². The summed E-state index contributed by atoms with van der Waals surface area (Å²) < 4.78 is 2.23. The Kier molecular flexibility index (Phi) is 3.70. The highest BCUT2D eigenvalue weighted by Crippen LogP contribution is 2.18. The largest absolute Gasteiger partial charge is 0.349 e. The maximum atomic E-state index is 11.5. The maximum Gasteiger partial charge on any atom is 0.222 e. The molecule has 3 heteroatoms. The number of hydrogen-bond donors (Lipinski definition) is 0. The molecule has 2 rings (SSSR count). The van der Waals surface area contributed by atoms with E-state index in [-0.39, 0.29) is 5.91 Å². The molecule has 0 saturated heterocycles. The molecule has 1 aromatic heterocycles. The zero-order valence-corrected chi connectivity index (χ0v) is 11.3. The molecule has 0 bridgehead atoms. The van der Waals surface area contributed by atoms with E-state index in [1.165, 1.54) is 16.5 Å². The van der Waals surface area contributed by atoms with Crippen LogP contribution in [-0.4, -0.2) is 29.5 Å². The number of carbonyl (C=O) groups excluding carboxylic acids is 1. The molecule has 0 N–H and O–H groups in total. The third-order valence-corrected chi connectivity index (χ3v) is 3.22. The highest BCUT2D eigenvalue weighted by Gasteiger charge is 2.05. The summed E-state index contributed by atoms with van der Waals surface area (Å²) >= 11 is 0. The normalized spacial score (nSPS) is 10.8. The predicted octanol–water partition coefficient (Wildman–Crippen LogP) is 2.82. The average Bonchev–Trinajstić information content (AvgIpc) is 2.71. The summed E-state index contributed by atoms with van der Waals surface area (Å²) in [5.41, 5.74) is 2.53. The van der Waals surface area contributed by atoms with Crippen molar-refractivity contribution < 1.29 is 4.79 Å². The Balaban J connectivity index is 2.04. The van der Waals surface area contributed by atoms with Crippen molar-refractivity contribution in [1.82, 2.24) is 9.47 Å². The number of fused-ring (bicyclic) bond motifs is 1. The summed E-state index contributed by atoms with van der Waals surface area (Å²) in [5, 5.41) is 1.26.